The Morgan fingerprint density at radius 1 is 0.950 bits per heavy atom. The molecule has 0 saturated heterocycles. The highest BCUT2D eigenvalue weighted by atomic mass is 16.1. The molecule has 0 aliphatic rings. The molecule has 0 fully saturated rings. The highest BCUT2D eigenvalue weighted by Gasteiger charge is 2.11. The molecule has 3 heteroatoms. The molecule has 0 saturated carbocycles. The number of carbonyl (C=O) groups is 1. The molecule has 0 atom stereocenters. The maximum absolute atomic E-state index is 12.5. The molecule has 3 nitrogen and oxygen atoms in total. The Morgan fingerprint density at radius 3 is 1.95 bits per heavy atom. The zero-order chi connectivity index (χ0) is 14.1. The number of nitrogens with zero attached hydrogens (tertiary/aromatic N) is 1. The third-order valence-electron chi connectivity index (χ3n) is 3.61. The molecule has 0 amide bonds. The normalized spacial score (nSPS) is 11.1. The molecular formula is C17H15NO2. The molecule has 0 aliphatic carbocycles. The van der Waals surface area contributed by atoms with Crippen molar-refractivity contribution in [2.75, 3.05) is 0 Å². The Hall–Kier alpha value is -2.42. The van der Waals surface area contributed by atoms with Gasteiger partial charge < -0.3 is 4.57 Å². The first-order valence-electron chi connectivity index (χ1n) is 6.74. The summed E-state index contributed by atoms with van der Waals surface area (Å²) in [7, 11) is 0. The Morgan fingerprint density at radius 2 is 1.45 bits per heavy atom. The summed E-state index contributed by atoms with van der Waals surface area (Å²) >= 11 is 0. The second kappa shape index (κ2) is 4.93. The van der Waals surface area contributed by atoms with Gasteiger partial charge in [-0.3, -0.25) is 9.59 Å². The van der Waals surface area contributed by atoms with Crippen LogP contribution in [-0.4, -0.2) is 10.4 Å². The van der Waals surface area contributed by atoms with Crippen LogP contribution in [-0.2, 0) is 11.3 Å². The summed E-state index contributed by atoms with van der Waals surface area (Å²) in [6.07, 6.45) is 0.495. The highest BCUT2D eigenvalue weighted by Crippen LogP contribution is 2.19. The maximum Gasteiger partial charge on any atom is 0.197 e. The molecular weight excluding hydrogens is 250 g/mol. The van der Waals surface area contributed by atoms with Crippen LogP contribution < -0.4 is 5.43 Å². The molecule has 0 bridgehead atoms. The second-order valence-corrected chi connectivity index (χ2v) is 4.84. The first-order chi connectivity index (χ1) is 9.72. The van der Waals surface area contributed by atoms with Crippen molar-refractivity contribution in [2.24, 2.45) is 0 Å². The van der Waals surface area contributed by atoms with Gasteiger partial charge >= 0.3 is 0 Å². The lowest BCUT2D eigenvalue weighted by Crippen LogP contribution is -2.15. The Labute approximate surface area is 116 Å². The third-order valence-corrected chi connectivity index (χ3v) is 3.61. The van der Waals surface area contributed by atoms with E-state index in [1.54, 1.807) is 0 Å². The highest BCUT2D eigenvalue weighted by molar-refractivity contribution is 5.95. The van der Waals surface area contributed by atoms with Crippen LogP contribution in [0.2, 0.25) is 0 Å². The number of carbonyl (C=O) groups excluding carboxylic acids is 1. The quantitative estimate of drug-likeness (QED) is 0.682. The van der Waals surface area contributed by atoms with Gasteiger partial charge in [0.2, 0.25) is 0 Å². The number of ketones is 1. The van der Waals surface area contributed by atoms with Crippen molar-refractivity contribution in [3.63, 3.8) is 0 Å². The fourth-order valence-electron chi connectivity index (χ4n) is 2.54. The van der Waals surface area contributed by atoms with Crippen molar-refractivity contribution in [3.05, 3.63) is 58.8 Å². The van der Waals surface area contributed by atoms with Crippen molar-refractivity contribution < 1.29 is 4.79 Å². The van der Waals surface area contributed by atoms with Gasteiger partial charge in [0.05, 0.1) is 17.6 Å². The zero-order valence-corrected chi connectivity index (χ0v) is 11.3. The topological polar surface area (TPSA) is 39.1 Å². The van der Waals surface area contributed by atoms with Crippen LogP contribution in [0.5, 0.6) is 0 Å². The van der Waals surface area contributed by atoms with Crippen molar-refractivity contribution >= 4 is 27.6 Å². The van der Waals surface area contributed by atoms with Gasteiger partial charge in [-0.1, -0.05) is 31.2 Å². The van der Waals surface area contributed by atoms with Crippen molar-refractivity contribution in [1.29, 1.82) is 0 Å². The van der Waals surface area contributed by atoms with Crippen LogP contribution in [0.15, 0.2) is 53.3 Å². The van der Waals surface area contributed by atoms with Gasteiger partial charge in [0.1, 0.15) is 0 Å². The van der Waals surface area contributed by atoms with Crippen LogP contribution in [0.1, 0.15) is 13.3 Å². The molecule has 100 valence electrons. The third kappa shape index (κ3) is 1.92. The number of benzene rings is 2. The Balaban J connectivity index is 2.46. The van der Waals surface area contributed by atoms with Crippen LogP contribution in [0.4, 0.5) is 0 Å². The molecule has 3 aromatic rings. The first kappa shape index (κ1) is 12.6. The number of Topliss-reactive ketones (excluding diaryl/α,β-unsaturated/α-hetero) is 1. The lowest BCUT2D eigenvalue weighted by Gasteiger charge is -2.14. The molecule has 3 rings (SSSR count). The predicted octanol–water partition coefficient (Wildman–Crippen LogP) is 3.13. The maximum atomic E-state index is 12.5. The van der Waals surface area contributed by atoms with Gasteiger partial charge in [0, 0.05) is 17.2 Å². The summed E-state index contributed by atoms with van der Waals surface area (Å²) in [6, 6.07) is 14.9. The van der Waals surface area contributed by atoms with E-state index in [2.05, 4.69) is 0 Å². The number of para-hydroxylation sites is 2. The monoisotopic (exact) mass is 265 g/mol. The summed E-state index contributed by atoms with van der Waals surface area (Å²) in [6.45, 7) is 2.16. The van der Waals surface area contributed by atoms with E-state index < -0.39 is 0 Å². The lowest BCUT2D eigenvalue weighted by molar-refractivity contribution is -0.119. The fourth-order valence-corrected chi connectivity index (χ4v) is 2.54. The van der Waals surface area contributed by atoms with Gasteiger partial charge in [0.25, 0.3) is 0 Å². The van der Waals surface area contributed by atoms with E-state index in [9.17, 15) is 9.59 Å². The van der Waals surface area contributed by atoms with Gasteiger partial charge in [-0.2, -0.15) is 0 Å². The number of pyridine rings is 1. The minimum atomic E-state index is 0.0244. The fraction of sp³-hybridized carbons (Fsp3) is 0.176. The predicted molar refractivity (Wildman–Crippen MR) is 81.0 cm³/mol. The molecule has 0 aliphatic heterocycles. The van der Waals surface area contributed by atoms with E-state index in [1.807, 2.05) is 60.0 Å². The van der Waals surface area contributed by atoms with Crippen LogP contribution in [0, 0.1) is 0 Å². The number of rotatable bonds is 3. The van der Waals surface area contributed by atoms with Crippen molar-refractivity contribution in [2.45, 2.75) is 19.9 Å². The molecule has 20 heavy (non-hydrogen) atoms. The van der Waals surface area contributed by atoms with E-state index in [0.29, 0.717) is 23.7 Å². The molecule has 0 spiro atoms. The standard InChI is InChI=1S/C17H15NO2/c1-2-12(19)11-18-15-9-5-3-7-13(15)17(20)14-8-4-6-10-16(14)18/h3-10H,2,11H2,1H3. The van der Waals surface area contributed by atoms with Crippen LogP contribution in [0.25, 0.3) is 21.8 Å². The molecule has 2 aromatic carbocycles. The van der Waals surface area contributed by atoms with Crippen molar-refractivity contribution in [3.8, 4) is 0 Å². The van der Waals surface area contributed by atoms with Gasteiger partial charge in [-0.05, 0) is 24.3 Å². The average Bonchev–Trinajstić information content (AvgIpc) is 2.51. The number of aromatic nitrogens is 1. The first-order valence-corrected chi connectivity index (χ1v) is 6.74. The number of hydrogen-bond donors (Lipinski definition) is 0. The van der Waals surface area contributed by atoms with Gasteiger partial charge in [-0.15, -0.1) is 0 Å². The minimum Gasteiger partial charge on any atom is -0.333 e. The van der Waals surface area contributed by atoms with Gasteiger partial charge in [-0.25, -0.2) is 0 Å². The molecule has 0 N–H and O–H groups in total. The Kier molecular flexibility index (Phi) is 3.11. The van der Waals surface area contributed by atoms with E-state index >= 15 is 0 Å². The van der Waals surface area contributed by atoms with E-state index in [-0.39, 0.29) is 11.2 Å². The molecule has 0 radical (unpaired) electrons. The number of fused-ring (bicyclic) bond motifs is 2. The van der Waals surface area contributed by atoms with Crippen LogP contribution >= 0.6 is 0 Å². The van der Waals surface area contributed by atoms with Gasteiger partial charge in [0.15, 0.2) is 11.2 Å². The summed E-state index contributed by atoms with van der Waals surface area (Å²) in [5, 5.41) is 1.32. The smallest absolute Gasteiger partial charge is 0.197 e. The van der Waals surface area contributed by atoms with E-state index in [0.717, 1.165) is 11.0 Å². The van der Waals surface area contributed by atoms with Crippen molar-refractivity contribution in [1.82, 2.24) is 4.57 Å². The zero-order valence-electron chi connectivity index (χ0n) is 11.3. The number of hydrogen-bond acceptors (Lipinski definition) is 2. The largest absolute Gasteiger partial charge is 0.333 e. The lowest BCUT2D eigenvalue weighted by atomic mass is 10.1. The van der Waals surface area contributed by atoms with E-state index in [1.165, 1.54) is 0 Å². The SMILES string of the molecule is CCC(=O)Cn1c2ccccc2c(=O)c2ccccc21. The molecule has 1 heterocycles. The molecule has 0 unspecified atom stereocenters. The molecule has 1 aromatic heterocycles. The average molecular weight is 265 g/mol. The summed E-state index contributed by atoms with van der Waals surface area (Å²) in [5.41, 5.74) is 1.66. The summed E-state index contributed by atoms with van der Waals surface area (Å²) < 4.78 is 1.94. The summed E-state index contributed by atoms with van der Waals surface area (Å²) in [4.78, 5) is 24.4. The minimum absolute atomic E-state index is 0.0244. The Bertz CT molecular complexity index is 802. The van der Waals surface area contributed by atoms with E-state index in [4.69, 9.17) is 0 Å². The van der Waals surface area contributed by atoms with Crippen LogP contribution in [0.3, 0.4) is 0 Å². The summed E-state index contributed by atoms with van der Waals surface area (Å²) in [5.74, 6) is 0.156. The second-order valence-electron chi connectivity index (χ2n) is 4.84.